The molecule has 3 aromatic carbocycles. The molecule has 0 saturated heterocycles. The molecule has 0 saturated carbocycles. The molecule has 3 aliphatic heterocycles. The summed E-state index contributed by atoms with van der Waals surface area (Å²) < 4.78 is 33.2. The quantitative estimate of drug-likeness (QED) is 0.0858. The van der Waals surface area contributed by atoms with E-state index in [2.05, 4.69) is 31.4 Å². The van der Waals surface area contributed by atoms with Gasteiger partial charge in [-0.2, -0.15) is 40.5 Å². The smallest absolute Gasteiger partial charge is 0.289 e. The molecule has 0 fully saturated rings. The van der Waals surface area contributed by atoms with Crippen LogP contribution < -0.4 is 26.6 Å². The number of Topliss-reactive ketones (excluding diaryl/α,β-unsaturated/α-hetero) is 1. The van der Waals surface area contributed by atoms with E-state index in [-0.39, 0.29) is 82.9 Å². The summed E-state index contributed by atoms with van der Waals surface area (Å²) in [7, 11) is 0. The minimum Gasteiger partial charge on any atom is -0.381 e. The highest BCUT2D eigenvalue weighted by Gasteiger charge is 2.30. The molecule has 4 atom stereocenters. The van der Waals surface area contributed by atoms with Crippen molar-refractivity contribution in [3.63, 3.8) is 0 Å². The minimum atomic E-state index is -1.31. The maximum absolute atomic E-state index is 12.8. The second-order valence-corrected chi connectivity index (χ2v) is 20.1. The number of ether oxygens (including phenoxy) is 6. The zero-order chi connectivity index (χ0) is 58.5. The van der Waals surface area contributed by atoms with Crippen molar-refractivity contribution < 1.29 is 67.1 Å². The van der Waals surface area contributed by atoms with Crippen molar-refractivity contribution in [1.82, 2.24) is 26.6 Å². The number of aliphatic hydroxyl groups is 1. The molecule has 23 heteroatoms. The van der Waals surface area contributed by atoms with Crippen molar-refractivity contribution in [2.75, 3.05) is 59.5 Å². The SMILES string of the molecule is CC(C)NC(=O)C(=O)[C@@H]1CCCCOCCOCc2ccccc2C(=O)N1.CC(C)NC(=O)C(O)[C@@H]1CCCCOCCOCc2ccccc2C(=O)N1.O=C[C@@H]1CCCCOCCOCc2ccccc2C(=O)N1.S.S.S.[C-]#[N+]C(C)C. The summed E-state index contributed by atoms with van der Waals surface area (Å²) in [6.45, 7) is 22.9. The Kier molecular flexibility index (Phi) is 43.0. The molecule has 0 radical (unpaired) electrons. The fourth-order valence-electron chi connectivity index (χ4n) is 8.02. The van der Waals surface area contributed by atoms with Gasteiger partial charge in [-0.05, 0) is 120 Å². The molecule has 83 heavy (non-hydrogen) atoms. The first-order chi connectivity index (χ1) is 38.6. The van der Waals surface area contributed by atoms with Crippen LogP contribution in [-0.2, 0) is 67.4 Å². The van der Waals surface area contributed by atoms with Crippen LogP contribution in [-0.4, -0.2) is 149 Å². The van der Waals surface area contributed by atoms with Crippen LogP contribution in [0.5, 0.6) is 0 Å². The van der Waals surface area contributed by atoms with E-state index >= 15 is 0 Å². The van der Waals surface area contributed by atoms with Crippen molar-refractivity contribution in [3.05, 3.63) is 118 Å². The van der Waals surface area contributed by atoms with Gasteiger partial charge < -0.3 is 69.8 Å². The summed E-state index contributed by atoms with van der Waals surface area (Å²) in [5.74, 6) is -2.70. The normalized spacial score (nSPS) is 19.1. The van der Waals surface area contributed by atoms with Crippen LogP contribution in [0.1, 0.15) is 147 Å². The lowest BCUT2D eigenvalue weighted by Gasteiger charge is -2.25. The number of aliphatic hydroxyl groups excluding tert-OH is 1. The van der Waals surface area contributed by atoms with Gasteiger partial charge in [0.2, 0.25) is 11.8 Å². The second kappa shape index (κ2) is 46.0. The van der Waals surface area contributed by atoms with Crippen LogP contribution in [0.4, 0.5) is 0 Å². The van der Waals surface area contributed by atoms with Gasteiger partial charge in [-0.3, -0.25) is 28.8 Å². The van der Waals surface area contributed by atoms with Crippen LogP contribution in [0.25, 0.3) is 4.85 Å². The van der Waals surface area contributed by atoms with Gasteiger partial charge >= 0.3 is 0 Å². The molecule has 6 N–H and O–H groups in total. The highest BCUT2D eigenvalue weighted by atomic mass is 32.1. The van der Waals surface area contributed by atoms with Gasteiger partial charge in [-0.15, -0.1) is 0 Å². The van der Waals surface area contributed by atoms with Crippen molar-refractivity contribution in [1.29, 1.82) is 0 Å². The van der Waals surface area contributed by atoms with Gasteiger partial charge in [-0.1, -0.05) is 54.6 Å². The second-order valence-electron chi connectivity index (χ2n) is 20.1. The van der Waals surface area contributed by atoms with Crippen molar-refractivity contribution >= 4 is 82.1 Å². The number of hydrogen-bond acceptors (Lipinski definition) is 14. The minimum absolute atomic E-state index is 0. The van der Waals surface area contributed by atoms with Gasteiger partial charge in [-0.25, -0.2) is 6.57 Å². The van der Waals surface area contributed by atoms with Crippen LogP contribution >= 0.6 is 40.5 Å². The first-order valence-corrected chi connectivity index (χ1v) is 27.8. The van der Waals surface area contributed by atoms with Crippen molar-refractivity contribution in [3.8, 4) is 0 Å². The van der Waals surface area contributed by atoms with Crippen LogP contribution in [0, 0.1) is 6.57 Å². The van der Waals surface area contributed by atoms with E-state index in [9.17, 15) is 38.7 Å². The third-order valence-corrected chi connectivity index (χ3v) is 12.2. The molecule has 3 aliphatic rings. The average molecular weight is 1220 g/mol. The predicted octanol–water partition coefficient (Wildman–Crippen LogP) is 6.34. The summed E-state index contributed by atoms with van der Waals surface area (Å²) >= 11 is 0. The molecule has 0 aliphatic carbocycles. The number of rotatable bonds is 7. The van der Waals surface area contributed by atoms with Gasteiger partial charge in [0, 0.05) is 62.4 Å². The molecular formula is C60H92N6O14S3. The lowest BCUT2D eigenvalue weighted by molar-refractivity contribution is -0.139. The molecule has 0 aromatic heterocycles. The van der Waals surface area contributed by atoms with E-state index in [1.807, 2.05) is 64.1 Å². The van der Waals surface area contributed by atoms with Gasteiger partial charge in [0.05, 0.1) is 77.6 Å². The summed E-state index contributed by atoms with van der Waals surface area (Å²) in [4.78, 5) is 89.0. The molecule has 3 aromatic rings. The number of nitrogens with one attached hydrogen (secondary N) is 5. The number of nitrogens with zero attached hydrogens (tertiary/aromatic N) is 1. The summed E-state index contributed by atoms with van der Waals surface area (Å²) in [6.07, 6.45) is 5.60. The number of hydrogen-bond donors (Lipinski definition) is 6. The van der Waals surface area contributed by atoms with Crippen LogP contribution in [0.15, 0.2) is 72.8 Å². The third kappa shape index (κ3) is 31.9. The zero-order valence-electron chi connectivity index (χ0n) is 49.1. The largest absolute Gasteiger partial charge is 0.381 e. The number of amides is 5. The summed E-state index contributed by atoms with van der Waals surface area (Å²) in [6, 6.07) is 19.5. The maximum atomic E-state index is 12.8. The highest BCUT2D eigenvalue weighted by molar-refractivity contribution is 7.59. The van der Waals surface area contributed by atoms with Crippen LogP contribution in [0.2, 0.25) is 0 Å². The van der Waals surface area contributed by atoms with E-state index in [1.165, 1.54) is 0 Å². The summed E-state index contributed by atoms with van der Waals surface area (Å²) in [5.41, 5.74) is 3.78. The van der Waals surface area contributed by atoms with Gasteiger partial charge in [0.25, 0.3) is 29.5 Å². The molecule has 3 heterocycles. The summed E-state index contributed by atoms with van der Waals surface area (Å²) in [5, 5.41) is 24.1. The fourth-order valence-corrected chi connectivity index (χ4v) is 8.02. The Morgan fingerprint density at radius 1 is 0.542 bits per heavy atom. The van der Waals surface area contributed by atoms with Crippen molar-refractivity contribution in [2.24, 2.45) is 0 Å². The van der Waals surface area contributed by atoms with E-state index in [0.717, 1.165) is 55.1 Å². The topological polar surface area (TPSA) is 260 Å². The van der Waals surface area contributed by atoms with Crippen LogP contribution in [0.3, 0.4) is 0 Å². The molecule has 0 spiro atoms. The van der Waals surface area contributed by atoms with E-state index < -0.39 is 41.8 Å². The Balaban J connectivity index is 0.00000115. The Morgan fingerprint density at radius 2 is 0.916 bits per heavy atom. The molecule has 1 unspecified atom stereocenters. The third-order valence-electron chi connectivity index (χ3n) is 12.2. The monoisotopic (exact) mass is 1220 g/mol. The number of benzene rings is 3. The predicted molar refractivity (Wildman–Crippen MR) is 333 cm³/mol. The fraction of sp³-hybridized carbons (Fsp3) is 0.567. The highest BCUT2D eigenvalue weighted by Crippen LogP contribution is 2.17. The first-order valence-electron chi connectivity index (χ1n) is 27.8. The van der Waals surface area contributed by atoms with E-state index in [4.69, 9.17) is 35.0 Å². The Morgan fingerprint density at radius 3 is 1.33 bits per heavy atom. The Bertz CT molecular complexity index is 2410. The first kappa shape index (κ1) is 77.6. The molecule has 5 amide bonds. The number of carbonyl (C=O) groups is 7. The Labute approximate surface area is 511 Å². The molecule has 6 rings (SSSR count). The standard InChI is InChI=1S/C20H30N2O5.C20H28N2O5.C16H21NO4.C4H7N.3H2S/c2*1-14(2)21-20(25)18(23)17-9-5-6-10-26-11-12-27-13-15-7-3-4-8-16(15)19(24)22-17;18-11-14-6-3-4-8-20-9-10-21-12-13-5-1-2-7-15(13)16(19)17-14;1-4(2)5-3;;;/h3-4,7-8,14,17-18,23H,5-6,9-13H2,1-2H3,(H,21,25)(H,22,24);3-4,7-8,14,17H,5-6,9-13H2,1-2H3,(H,21,25)(H,22,24);1-2,5,7,11,14H,3-4,6,8-10,12H2,(H,17,19);4H,1-2H3;3*1H2/t17-,18?;17-;14-;;;;/m000..../s1. The molecule has 20 nitrogen and oxygen atoms in total. The number of aldehydes is 1. The van der Waals surface area contributed by atoms with Gasteiger partial charge in [0.1, 0.15) is 6.29 Å². The van der Waals surface area contributed by atoms with Crippen molar-refractivity contribution in [2.45, 2.75) is 162 Å². The number of carbonyl (C=O) groups excluding carboxylic acids is 7. The van der Waals surface area contributed by atoms with E-state index in [0.29, 0.717) is 115 Å². The molecule has 464 valence electrons. The maximum Gasteiger partial charge on any atom is 0.289 e. The molecular weight excluding hydrogens is 1120 g/mol. The number of ketones is 1. The average Bonchev–Trinajstić information content (AvgIpc) is 3.51. The Hall–Kier alpha value is -5.39. The number of fused-ring (bicyclic) bond motifs is 3. The molecule has 0 bridgehead atoms. The van der Waals surface area contributed by atoms with Gasteiger partial charge in [0.15, 0.2) is 6.10 Å². The lowest BCUT2D eigenvalue weighted by atomic mass is 10.0. The zero-order valence-corrected chi connectivity index (χ0v) is 52.1. The lowest BCUT2D eigenvalue weighted by Crippen LogP contribution is -2.51. The van der Waals surface area contributed by atoms with E-state index in [1.54, 1.807) is 50.2 Å².